The maximum atomic E-state index is 12.9. The standard InChI is InChI=1S/C17H18N6O5S/c18-29(27,28)7-6-10-8-23(21-20-10)13-3-1-2-11-12(13)9-22(17(11)26)14-4-5-15(24)19-16(14)25/h1-3,8,14H,4-7,9H2,(H2,18,27,28)(H,19,24,25). The van der Waals surface area contributed by atoms with E-state index in [-0.39, 0.29) is 43.4 Å². The highest BCUT2D eigenvalue weighted by Gasteiger charge is 2.40. The number of fused-ring (bicyclic) bond motifs is 1. The molecule has 0 bridgehead atoms. The minimum atomic E-state index is -3.61. The van der Waals surface area contributed by atoms with Crippen LogP contribution in [0.1, 0.15) is 34.5 Å². The highest BCUT2D eigenvalue weighted by molar-refractivity contribution is 7.89. The van der Waals surface area contributed by atoms with Crippen LogP contribution in [0.4, 0.5) is 0 Å². The molecule has 152 valence electrons. The predicted octanol–water partition coefficient (Wildman–Crippen LogP) is -1.14. The van der Waals surface area contributed by atoms with Crippen molar-refractivity contribution < 1.29 is 22.8 Å². The van der Waals surface area contributed by atoms with Gasteiger partial charge in [-0.05, 0) is 18.6 Å². The number of primary sulfonamides is 1. The van der Waals surface area contributed by atoms with Crippen molar-refractivity contribution in [1.29, 1.82) is 0 Å². The summed E-state index contributed by atoms with van der Waals surface area (Å²) in [7, 11) is -3.61. The average molecular weight is 418 g/mol. The molecule has 0 spiro atoms. The van der Waals surface area contributed by atoms with Crippen molar-refractivity contribution in [3.05, 3.63) is 41.2 Å². The van der Waals surface area contributed by atoms with Gasteiger partial charge in [-0.3, -0.25) is 19.7 Å². The molecule has 3 heterocycles. The smallest absolute Gasteiger partial charge is 0.255 e. The van der Waals surface area contributed by atoms with Gasteiger partial charge in [0.15, 0.2) is 0 Å². The number of aryl methyl sites for hydroxylation is 1. The molecule has 1 fully saturated rings. The second kappa shape index (κ2) is 7.04. The second-order valence-corrected chi connectivity index (χ2v) is 8.71. The van der Waals surface area contributed by atoms with E-state index in [0.29, 0.717) is 22.5 Å². The van der Waals surface area contributed by atoms with Gasteiger partial charge in [0.2, 0.25) is 21.8 Å². The molecule has 0 radical (unpaired) electrons. The van der Waals surface area contributed by atoms with Gasteiger partial charge in [0, 0.05) is 30.5 Å². The van der Waals surface area contributed by atoms with Crippen molar-refractivity contribution in [2.75, 3.05) is 5.75 Å². The summed E-state index contributed by atoms with van der Waals surface area (Å²) in [5.41, 5.74) is 2.20. The first-order valence-corrected chi connectivity index (χ1v) is 10.6. The summed E-state index contributed by atoms with van der Waals surface area (Å²) < 4.78 is 23.7. The number of nitrogens with zero attached hydrogens (tertiary/aromatic N) is 4. The van der Waals surface area contributed by atoms with Crippen LogP contribution in [0.25, 0.3) is 5.69 Å². The Morgan fingerprint density at radius 2 is 2.03 bits per heavy atom. The maximum Gasteiger partial charge on any atom is 0.255 e. The lowest BCUT2D eigenvalue weighted by atomic mass is 10.0. The van der Waals surface area contributed by atoms with Crippen LogP contribution in [-0.4, -0.2) is 57.8 Å². The summed E-state index contributed by atoms with van der Waals surface area (Å²) in [6, 6.07) is 4.43. The summed E-state index contributed by atoms with van der Waals surface area (Å²) in [5.74, 6) is -1.35. The van der Waals surface area contributed by atoms with Gasteiger partial charge in [-0.2, -0.15) is 0 Å². The highest BCUT2D eigenvalue weighted by atomic mass is 32.2. The number of imide groups is 1. The number of nitrogens with two attached hydrogens (primary N) is 1. The molecule has 0 aliphatic carbocycles. The number of carbonyl (C=O) groups is 3. The predicted molar refractivity (Wildman–Crippen MR) is 99.1 cm³/mol. The van der Waals surface area contributed by atoms with Crippen molar-refractivity contribution in [1.82, 2.24) is 25.2 Å². The van der Waals surface area contributed by atoms with Crippen LogP contribution in [0.3, 0.4) is 0 Å². The minimum Gasteiger partial charge on any atom is -0.322 e. The summed E-state index contributed by atoms with van der Waals surface area (Å²) >= 11 is 0. The number of rotatable bonds is 5. The van der Waals surface area contributed by atoms with Crippen molar-refractivity contribution >= 4 is 27.7 Å². The number of sulfonamides is 1. The zero-order valence-corrected chi connectivity index (χ0v) is 16.1. The third kappa shape index (κ3) is 3.76. The molecule has 3 N–H and O–H groups in total. The normalized spacial score (nSPS) is 19.4. The number of amides is 3. The van der Waals surface area contributed by atoms with Gasteiger partial charge in [-0.25, -0.2) is 18.2 Å². The Balaban J connectivity index is 1.60. The van der Waals surface area contributed by atoms with Crippen LogP contribution in [-0.2, 0) is 32.6 Å². The number of piperidine rings is 1. The first kappa shape index (κ1) is 19.2. The molecule has 1 atom stereocenters. The van der Waals surface area contributed by atoms with Crippen LogP contribution < -0.4 is 10.5 Å². The second-order valence-electron chi connectivity index (χ2n) is 6.97. The molecular formula is C17H18N6O5S. The van der Waals surface area contributed by atoms with E-state index in [2.05, 4.69) is 15.6 Å². The molecule has 29 heavy (non-hydrogen) atoms. The summed E-state index contributed by atoms with van der Waals surface area (Å²) in [6.45, 7) is 0.197. The van der Waals surface area contributed by atoms with E-state index >= 15 is 0 Å². The van der Waals surface area contributed by atoms with Crippen LogP contribution in [0.5, 0.6) is 0 Å². The SMILES string of the molecule is NS(=O)(=O)CCc1cn(-c2cccc3c2CN(C2CCC(=O)NC2=O)C3=O)nn1. The minimum absolute atomic E-state index is 0.120. The molecule has 1 aromatic carbocycles. The molecule has 0 saturated carbocycles. The highest BCUT2D eigenvalue weighted by Crippen LogP contribution is 2.31. The third-order valence-electron chi connectivity index (χ3n) is 4.99. The molecular weight excluding hydrogens is 400 g/mol. The summed E-state index contributed by atoms with van der Waals surface area (Å²) in [4.78, 5) is 37.9. The molecule has 1 aromatic heterocycles. The molecule has 1 unspecified atom stereocenters. The van der Waals surface area contributed by atoms with Crippen LogP contribution in [0.15, 0.2) is 24.4 Å². The van der Waals surface area contributed by atoms with Crippen LogP contribution in [0.2, 0.25) is 0 Å². The van der Waals surface area contributed by atoms with Crippen LogP contribution >= 0.6 is 0 Å². The van der Waals surface area contributed by atoms with Gasteiger partial charge in [0.1, 0.15) is 6.04 Å². The Hall–Kier alpha value is -3.12. The largest absolute Gasteiger partial charge is 0.322 e. The van der Waals surface area contributed by atoms with E-state index in [9.17, 15) is 22.8 Å². The van der Waals surface area contributed by atoms with E-state index in [1.165, 1.54) is 9.58 Å². The molecule has 12 heteroatoms. The van der Waals surface area contributed by atoms with Crippen molar-refractivity contribution in [3.8, 4) is 5.69 Å². The van der Waals surface area contributed by atoms with Crippen LogP contribution in [0, 0.1) is 0 Å². The van der Waals surface area contributed by atoms with Gasteiger partial charge < -0.3 is 4.90 Å². The zero-order valence-electron chi connectivity index (χ0n) is 15.2. The average Bonchev–Trinajstić information content (AvgIpc) is 3.25. The van der Waals surface area contributed by atoms with E-state index in [1.54, 1.807) is 24.4 Å². The number of hydrogen-bond acceptors (Lipinski definition) is 7. The van der Waals surface area contributed by atoms with Gasteiger partial charge in [0.25, 0.3) is 5.91 Å². The first-order valence-electron chi connectivity index (χ1n) is 8.91. The van der Waals surface area contributed by atoms with E-state index < -0.39 is 22.0 Å². The Kier molecular flexibility index (Phi) is 4.67. The number of benzene rings is 1. The zero-order chi connectivity index (χ0) is 20.8. The maximum absolute atomic E-state index is 12.9. The Morgan fingerprint density at radius 1 is 1.24 bits per heavy atom. The number of aromatic nitrogens is 3. The third-order valence-corrected chi connectivity index (χ3v) is 5.76. The van der Waals surface area contributed by atoms with Crippen molar-refractivity contribution in [2.24, 2.45) is 5.14 Å². The van der Waals surface area contributed by atoms with Crippen molar-refractivity contribution in [3.63, 3.8) is 0 Å². The molecule has 3 amide bonds. The number of nitrogens with one attached hydrogen (secondary N) is 1. The fourth-order valence-electron chi connectivity index (χ4n) is 3.56. The Morgan fingerprint density at radius 3 is 2.76 bits per heavy atom. The fraction of sp³-hybridized carbons (Fsp3) is 0.353. The molecule has 2 aliphatic heterocycles. The van der Waals surface area contributed by atoms with Gasteiger partial charge >= 0.3 is 0 Å². The quantitative estimate of drug-likeness (QED) is 0.581. The molecule has 4 rings (SSSR count). The molecule has 11 nitrogen and oxygen atoms in total. The Labute approximate surface area is 165 Å². The van der Waals surface area contributed by atoms with Gasteiger partial charge in [0.05, 0.1) is 23.3 Å². The lowest BCUT2D eigenvalue weighted by Gasteiger charge is -2.29. The van der Waals surface area contributed by atoms with E-state index in [1.807, 2.05) is 0 Å². The monoisotopic (exact) mass is 418 g/mol. The first-order chi connectivity index (χ1) is 13.7. The van der Waals surface area contributed by atoms with E-state index in [4.69, 9.17) is 5.14 Å². The lowest BCUT2D eigenvalue weighted by Crippen LogP contribution is -2.52. The molecule has 2 aromatic rings. The topological polar surface area (TPSA) is 157 Å². The fourth-order valence-corrected chi connectivity index (χ4v) is 4.06. The summed E-state index contributed by atoms with van der Waals surface area (Å²) in [6.07, 6.45) is 2.16. The number of carbonyl (C=O) groups excluding carboxylic acids is 3. The van der Waals surface area contributed by atoms with E-state index in [0.717, 1.165) is 0 Å². The lowest BCUT2D eigenvalue weighted by molar-refractivity contribution is -0.136. The molecule has 1 saturated heterocycles. The Bertz CT molecular complexity index is 1130. The molecule has 2 aliphatic rings. The van der Waals surface area contributed by atoms with Gasteiger partial charge in [-0.1, -0.05) is 11.3 Å². The summed E-state index contributed by atoms with van der Waals surface area (Å²) in [5, 5.41) is 15.3. The number of hydrogen-bond donors (Lipinski definition) is 2. The van der Waals surface area contributed by atoms with Gasteiger partial charge in [-0.15, -0.1) is 5.10 Å². The van der Waals surface area contributed by atoms with Crippen molar-refractivity contribution in [2.45, 2.75) is 31.8 Å².